The number of nitrogens with zero attached hydrogens (tertiary/aromatic N) is 3. The monoisotopic (exact) mass is 436 g/mol. The third-order valence-corrected chi connectivity index (χ3v) is 6.59. The lowest BCUT2D eigenvalue weighted by Crippen LogP contribution is -2.31. The highest BCUT2D eigenvalue weighted by molar-refractivity contribution is 7.89. The number of fused-ring (bicyclic) bond motifs is 1. The fraction of sp³-hybridized carbons (Fsp3) is 0.136. The third-order valence-electron chi connectivity index (χ3n) is 5.17. The highest BCUT2D eigenvalue weighted by Crippen LogP contribution is 2.28. The molecule has 1 atom stereocenters. The van der Waals surface area contributed by atoms with Gasteiger partial charge in [0, 0.05) is 18.7 Å². The van der Waals surface area contributed by atoms with Crippen LogP contribution in [0.25, 0.3) is 11.0 Å². The van der Waals surface area contributed by atoms with E-state index in [0.29, 0.717) is 17.0 Å². The van der Waals surface area contributed by atoms with Crippen LogP contribution >= 0.6 is 0 Å². The summed E-state index contributed by atoms with van der Waals surface area (Å²) in [5, 5.41) is 11.3. The van der Waals surface area contributed by atoms with Crippen LogP contribution in [-0.2, 0) is 17.1 Å². The molecule has 0 aliphatic rings. The molecule has 0 aliphatic heterocycles. The highest BCUT2D eigenvalue weighted by atomic mass is 32.2. The van der Waals surface area contributed by atoms with Crippen molar-refractivity contribution in [1.82, 2.24) is 14.3 Å². The highest BCUT2D eigenvalue weighted by Gasteiger charge is 2.28. The quantitative estimate of drug-likeness (QED) is 0.365. The van der Waals surface area contributed by atoms with Crippen molar-refractivity contribution in [3.05, 3.63) is 99.9 Å². The molecule has 0 amide bonds. The fourth-order valence-corrected chi connectivity index (χ4v) is 4.72. The molecule has 3 aromatic carbocycles. The number of nitrogens with one attached hydrogen (secondary N) is 1. The minimum absolute atomic E-state index is 0.176. The van der Waals surface area contributed by atoms with E-state index in [-0.39, 0.29) is 10.6 Å². The SMILES string of the molecule is Cc1ccc(S(=O)(=O)N[C@@H](c2ccccc2)c2nc3ccccc3n2C)cc1[N+](=O)[O-]. The maximum absolute atomic E-state index is 13.2. The van der Waals surface area contributed by atoms with Gasteiger partial charge in [-0.05, 0) is 30.7 Å². The molecule has 0 unspecified atom stereocenters. The van der Waals surface area contributed by atoms with Crippen molar-refractivity contribution >= 4 is 26.7 Å². The maximum Gasteiger partial charge on any atom is 0.273 e. The molecule has 1 heterocycles. The molecule has 0 saturated heterocycles. The predicted molar refractivity (Wildman–Crippen MR) is 117 cm³/mol. The molecule has 4 aromatic rings. The maximum atomic E-state index is 13.2. The van der Waals surface area contributed by atoms with Gasteiger partial charge in [0.05, 0.1) is 20.9 Å². The van der Waals surface area contributed by atoms with E-state index < -0.39 is 21.0 Å². The molecule has 0 saturated carbocycles. The average Bonchev–Trinajstić information content (AvgIpc) is 3.09. The van der Waals surface area contributed by atoms with E-state index in [0.717, 1.165) is 17.1 Å². The van der Waals surface area contributed by atoms with Gasteiger partial charge in [0.2, 0.25) is 10.0 Å². The minimum atomic E-state index is -4.09. The largest absolute Gasteiger partial charge is 0.329 e. The Hall–Kier alpha value is -3.56. The van der Waals surface area contributed by atoms with Crippen LogP contribution in [0.15, 0.2) is 77.7 Å². The van der Waals surface area contributed by atoms with Gasteiger partial charge in [0.15, 0.2) is 0 Å². The Balaban J connectivity index is 1.83. The van der Waals surface area contributed by atoms with Crippen molar-refractivity contribution in [3.63, 3.8) is 0 Å². The van der Waals surface area contributed by atoms with E-state index in [1.54, 1.807) is 6.92 Å². The van der Waals surface area contributed by atoms with Crippen LogP contribution in [0, 0.1) is 17.0 Å². The van der Waals surface area contributed by atoms with Crippen molar-refractivity contribution in [2.75, 3.05) is 0 Å². The van der Waals surface area contributed by atoms with Gasteiger partial charge in [-0.2, -0.15) is 4.72 Å². The smallest absolute Gasteiger partial charge is 0.273 e. The number of aryl methyl sites for hydroxylation is 2. The van der Waals surface area contributed by atoms with Crippen LogP contribution in [0.3, 0.4) is 0 Å². The van der Waals surface area contributed by atoms with Gasteiger partial charge < -0.3 is 4.57 Å². The van der Waals surface area contributed by atoms with Gasteiger partial charge in [-0.25, -0.2) is 13.4 Å². The molecule has 1 aromatic heterocycles. The summed E-state index contributed by atoms with van der Waals surface area (Å²) < 4.78 is 31.0. The number of benzene rings is 3. The van der Waals surface area contributed by atoms with Crippen LogP contribution in [0.5, 0.6) is 0 Å². The Morgan fingerprint density at radius 3 is 2.39 bits per heavy atom. The second-order valence-electron chi connectivity index (χ2n) is 7.19. The fourth-order valence-electron chi connectivity index (χ4n) is 3.51. The molecule has 0 aliphatic carbocycles. The van der Waals surface area contributed by atoms with Crippen molar-refractivity contribution in [1.29, 1.82) is 0 Å². The number of sulfonamides is 1. The molecule has 0 spiro atoms. The Morgan fingerprint density at radius 2 is 1.71 bits per heavy atom. The Labute approximate surface area is 179 Å². The van der Waals surface area contributed by atoms with Crippen molar-refractivity contribution in [3.8, 4) is 0 Å². The standard InChI is InChI=1S/C22H20N4O4S/c1-15-12-13-17(14-20(15)26(27)28)31(29,30)24-21(16-8-4-3-5-9-16)22-23-18-10-6-7-11-19(18)25(22)2/h3-14,21,24H,1-2H3/t21-/m0/s1. The van der Waals surface area contributed by atoms with E-state index in [1.165, 1.54) is 12.1 Å². The molecule has 0 fully saturated rings. The molecular weight excluding hydrogens is 416 g/mol. The van der Waals surface area contributed by atoms with E-state index in [1.807, 2.05) is 66.2 Å². The Bertz CT molecular complexity index is 1380. The number of nitro groups is 1. The van der Waals surface area contributed by atoms with Crippen molar-refractivity contribution in [2.45, 2.75) is 17.9 Å². The van der Waals surface area contributed by atoms with Crippen LogP contribution in [0.1, 0.15) is 23.0 Å². The number of rotatable bonds is 6. The molecular formula is C22H20N4O4S. The number of hydrogen-bond acceptors (Lipinski definition) is 5. The van der Waals surface area contributed by atoms with Gasteiger partial charge in [-0.15, -0.1) is 0 Å². The molecule has 158 valence electrons. The van der Waals surface area contributed by atoms with Gasteiger partial charge in [0.25, 0.3) is 5.69 Å². The van der Waals surface area contributed by atoms with Gasteiger partial charge >= 0.3 is 0 Å². The second-order valence-corrected chi connectivity index (χ2v) is 8.90. The molecule has 9 heteroatoms. The molecule has 4 rings (SSSR count). The van der Waals surface area contributed by atoms with Crippen LogP contribution < -0.4 is 4.72 Å². The van der Waals surface area contributed by atoms with Gasteiger partial charge in [0.1, 0.15) is 11.9 Å². The first-order valence-corrected chi connectivity index (χ1v) is 11.0. The summed E-state index contributed by atoms with van der Waals surface area (Å²) in [5.41, 5.74) is 2.45. The number of aromatic nitrogens is 2. The van der Waals surface area contributed by atoms with Gasteiger partial charge in [-0.1, -0.05) is 48.5 Å². The number of hydrogen-bond donors (Lipinski definition) is 1. The zero-order chi connectivity index (χ0) is 22.2. The number of para-hydroxylation sites is 2. The minimum Gasteiger partial charge on any atom is -0.329 e. The third kappa shape index (κ3) is 3.92. The number of nitro benzene ring substituents is 1. The normalized spacial score (nSPS) is 12.7. The summed E-state index contributed by atoms with van der Waals surface area (Å²) in [6.45, 7) is 1.56. The lowest BCUT2D eigenvalue weighted by molar-refractivity contribution is -0.385. The Kier molecular flexibility index (Phi) is 5.30. The van der Waals surface area contributed by atoms with E-state index in [9.17, 15) is 18.5 Å². The summed E-state index contributed by atoms with van der Waals surface area (Å²) >= 11 is 0. The van der Waals surface area contributed by atoms with Crippen molar-refractivity contribution in [2.24, 2.45) is 7.05 Å². The van der Waals surface area contributed by atoms with E-state index in [2.05, 4.69) is 9.71 Å². The Morgan fingerprint density at radius 1 is 1.03 bits per heavy atom. The van der Waals surface area contributed by atoms with E-state index in [4.69, 9.17) is 0 Å². The lowest BCUT2D eigenvalue weighted by atomic mass is 10.1. The molecule has 0 bridgehead atoms. The zero-order valence-corrected chi connectivity index (χ0v) is 17.7. The first-order chi connectivity index (χ1) is 14.8. The van der Waals surface area contributed by atoms with Crippen LogP contribution in [0.4, 0.5) is 5.69 Å². The second kappa shape index (κ2) is 7.93. The van der Waals surface area contributed by atoms with Crippen molar-refractivity contribution < 1.29 is 13.3 Å². The summed E-state index contributed by atoms with van der Waals surface area (Å²) in [6.07, 6.45) is 0. The first-order valence-electron chi connectivity index (χ1n) is 9.51. The van der Waals surface area contributed by atoms with Crippen LogP contribution in [0.2, 0.25) is 0 Å². The van der Waals surface area contributed by atoms with E-state index >= 15 is 0 Å². The molecule has 31 heavy (non-hydrogen) atoms. The summed E-state index contributed by atoms with van der Waals surface area (Å²) in [7, 11) is -2.27. The summed E-state index contributed by atoms with van der Waals surface area (Å²) in [5.74, 6) is 0.512. The first kappa shape index (κ1) is 20.7. The van der Waals surface area contributed by atoms with Gasteiger partial charge in [-0.3, -0.25) is 10.1 Å². The zero-order valence-electron chi connectivity index (χ0n) is 16.9. The molecule has 1 N–H and O–H groups in total. The molecule has 0 radical (unpaired) electrons. The topological polar surface area (TPSA) is 107 Å². The van der Waals surface area contributed by atoms with Crippen LogP contribution in [-0.4, -0.2) is 22.9 Å². The molecule has 8 nitrogen and oxygen atoms in total. The lowest BCUT2D eigenvalue weighted by Gasteiger charge is -2.19. The summed E-state index contributed by atoms with van der Waals surface area (Å²) in [4.78, 5) is 15.2. The predicted octanol–water partition coefficient (Wildman–Crippen LogP) is 3.86. The average molecular weight is 436 g/mol. The summed E-state index contributed by atoms with van der Waals surface area (Å²) in [6, 6.07) is 19.7. The number of imidazole rings is 1.